The highest BCUT2D eigenvalue weighted by Crippen LogP contribution is 2.36. The van der Waals surface area contributed by atoms with E-state index in [0.717, 1.165) is 15.6 Å². The zero-order chi connectivity index (χ0) is 19.7. The lowest BCUT2D eigenvalue weighted by molar-refractivity contribution is 0.315. The van der Waals surface area contributed by atoms with E-state index in [0.29, 0.717) is 11.0 Å². The summed E-state index contributed by atoms with van der Waals surface area (Å²) in [5.74, 6) is 0. The van der Waals surface area contributed by atoms with Crippen molar-refractivity contribution in [2.45, 2.75) is 10.9 Å². The van der Waals surface area contributed by atoms with Crippen LogP contribution in [-0.2, 0) is 10.0 Å². The molecule has 28 heavy (non-hydrogen) atoms. The topological polar surface area (TPSA) is 76.3 Å². The van der Waals surface area contributed by atoms with Gasteiger partial charge in [0, 0.05) is 11.5 Å². The third kappa shape index (κ3) is 3.34. The summed E-state index contributed by atoms with van der Waals surface area (Å²) in [6, 6.07) is 21.2. The van der Waals surface area contributed by atoms with Gasteiger partial charge in [0.2, 0.25) is 10.0 Å². The first-order valence-electron chi connectivity index (χ1n) is 8.48. The Morgan fingerprint density at radius 2 is 1.61 bits per heavy atom. The molecule has 0 radical (unpaired) electrons. The van der Waals surface area contributed by atoms with E-state index < -0.39 is 16.1 Å². The van der Waals surface area contributed by atoms with E-state index in [2.05, 4.69) is 30.9 Å². The zero-order valence-corrected chi connectivity index (χ0v) is 17.3. The van der Waals surface area contributed by atoms with Crippen molar-refractivity contribution in [2.24, 2.45) is 0 Å². The second-order valence-corrected chi connectivity index (χ2v) is 9.12. The summed E-state index contributed by atoms with van der Waals surface area (Å²) in [4.78, 5) is 0.131. The lowest BCUT2D eigenvalue weighted by atomic mass is 9.99. The number of nitrogens with zero attached hydrogens (tertiary/aromatic N) is 3. The van der Waals surface area contributed by atoms with Gasteiger partial charge in [-0.15, -0.1) is 0 Å². The molecule has 0 aliphatic heterocycles. The Hall–Kier alpha value is -2.55. The third-order valence-corrected chi connectivity index (χ3v) is 7.12. The minimum atomic E-state index is -3.82. The molecule has 0 saturated carbocycles. The number of benzene rings is 3. The van der Waals surface area contributed by atoms with E-state index in [1.54, 1.807) is 13.1 Å². The molecule has 142 valence electrons. The predicted molar refractivity (Wildman–Crippen MR) is 109 cm³/mol. The maximum Gasteiger partial charge on any atom is 0.243 e. The highest BCUT2D eigenvalue weighted by atomic mass is 79.9. The van der Waals surface area contributed by atoms with Crippen LogP contribution in [0.1, 0.15) is 17.2 Å². The van der Waals surface area contributed by atoms with E-state index in [4.69, 9.17) is 0 Å². The Bertz CT molecular complexity index is 1230. The molecule has 0 bridgehead atoms. The van der Waals surface area contributed by atoms with Gasteiger partial charge in [-0.05, 0) is 45.7 Å². The summed E-state index contributed by atoms with van der Waals surface area (Å²) in [6.45, 7) is 0. The maximum atomic E-state index is 13.4. The summed E-state index contributed by atoms with van der Waals surface area (Å²) in [7, 11) is -2.24. The van der Waals surface area contributed by atoms with Crippen LogP contribution in [0.25, 0.3) is 11.0 Å². The molecule has 0 aliphatic carbocycles. The SMILES string of the molecule is CN(C(c1ccccc1)c1ccccc1Br)S(=O)(=O)c1ccc2nonc2c1. The van der Waals surface area contributed by atoms with Crippen molar-refractivity contribution >= 4 is 37.0 Å². The Kier molecular flexibility index (Phi) is 5.01. The average Bonchev–Trinajstić information content (AvgIpc) is 3.18. The first-order valence-corrected chi connectivity index (χ1v) is 10.7. The van der Waals surface area contributed by atoms with Gasteiger partial charge in [0.1, 0.15) is 11.0 Å². The van der Waals surface area contributed by atoms with Crippen LogP contribution in [0, 0.1) is 0 Å². The van der Waals surface area contributed by atoms with Crippen molar-refractivity contribution in [3.8, 4) is 0 Å². The highest BCUT2D eigenvalue weighted by molar-refractivity contribution is 9.10. The summed E-state index contributed by atoms with van der Waals surface area (Å²) in [5, 5.41) is 7.48. The quantitative estimate of drug-likeness (QED) is 0.443. The molecule has 0 amide bonds. The van der Waals surface area contributed by atoms with Crippen molar-refractivity contribution in [1.29, 1.82) is 0 Å². The molecule has 0 fully saturated rings. The molecule has 1 unspecified atom stereocenters. The number of aromatic nitrogens is 2. The smallest absolute Gasteiger partial charge is 0.243 e. The number of fused-ring (bicyclic) bond motifs is 1. The van der Waals surface area contributed by atoms with Crippen LogP contribution in [0.15, 0.2) is 86.8 Å². The van der Waals surface area contributed by atoms with Crippen molar-refractivity contribution in [1.82, 2.24) is 14.6 Å². The van der Waals surface area contributed by atoms with E-state index in [1.165, 1.54) is 16.4 Å². The standard InChI is InChI=1S/C20H16BrN3O3S/c1-24(28(25,26)15-11-12-18-19(13-15)23-27-22-18)20(14-7-3-2-4-8-14)16-9-5-6-10-17(16)21/h2-13,20H,1H3. The fraction of sp³-hybridized carbons (Fsp3) is 0.100. The normalized spacial score (nSPS) is 13.1. The van der Waals surface area contributed by atoms with Gasteiger partial charge in [0.05, 0.1) is 10.9 Å². The first kappa shape index (κ1) is 18.8. The molecule has 4 rings (SSSR count). The van der Waals surface area contributed by atoms with Gasteiger partial charge in [-0.1, -0.05) is 64.5 Å². The van der Waals surface area contributed by atoms with Crippen LogP contribution < -0.4 is 0 Å². The van der Waals surface area contributed by atoms with Crippen molar-refractivity contribution in [2.75, 3.05) is 7.05 Å². The summed E-state index contributed by atoms with van der Waals surface area (Å²) in [6.07, 6.45) is 0. The van der Waals surface area contributed by atoms with Gasteiger partial charge >= 0.3 is 0 Å². The number of halogens is 1. The minimum Gasteiger partial charge on any atom is -0.243 e. The molecule has 1 atom stereocenters. The van der Waals surface area contributed by atoms with Crippen molar-refractivity contribution < 1.29 is 13.0 Å². The molecule has 0 N–H and O–H groups in total. The molecule has 0 spiro atoms. The monoisotopic (exact) mass is 457 g/mol. The molecule has 4 aromatic rings. The van der Waals surface area contributed by atoms with Crippen LogP contribution in [0.5, 0.6) is 0 Å². The number of rotatable bonds is 5. The van der Waals surface area contributed by atoms with Gasteiger partial charge < -0.3 is 0 Å². The Morgan fingerprint density at radius 1 is 0.929 bits per heavy atom. The molecular weight excluding hydrogens is 442 g/mol. The summed E-state index contributed by atoms with van der Waals surface area (Å²) in [5.41, 5.74) is 2.62. The van der Waals surface area contributed by atoms with Crippen LogP contribution in [-0.4, -0.2) is 30.1 Å². The van der Waals surface area contributed by atoms with Gasteiger partial charge in [0.25, 0.3) is 0 Å². The van der Waals surface area contributed by atoms with E-state index in [-0.39, 0.29) is 4.90 Å². The fourth-order valence-electron chi connectivity index (χ4n) is 3.14. The maximum absolute atomic E-state index is 13.4. The van der Waals surface area contributed by atoms with Gasteiger partial charge in [0.15, 0.2) is 0 Å². The summed E-state index contributed by atoms with van der Waals surface area (Å²) < 4.78 is 33.7. The van der Waals surface area contributed by atoms with Gasteiger partial charge in [-0.2, -0.15) is 4.31 Å². The highest BCUT2D eigenvalue weighted by Gasteiger charge is 2.31. The van der Waals surface area contributed by atoms with Crippen LogP contribution >= 0.6 is 15.9 Å². The van der Waals surface area contributed by atoms with E-state index in [1.807, 2.05) is 54.6 Å². The predicted octanol–water partition coefficient (Wildman–Crippen LogP) is 4.40. The molecule has 8 heteroatoms. The van der Waals surface area contributed by atoms with Crippen LogP contribution in [0.3, 0.4) is 0 Å². The molecule has 3 aromatic carbocycles. The molecule has 1 aromatic heterocycles. The third-order valence-electron chi connectivity index (χ3n) is 4.58. The molecular formula is C20H16BrN3O3S. The number of hydrogen-bond donors (Lipinski definition) is 0. The van der Waals surface area contributed by atoms with Gasteiger partial charge in [-0.25, -0.2) is 13.0 Å². The Morgan fingerprint density at radius 3 is 2.36 bits per heavy atom. The van der Waals surface area contributed by atoms with E-state index >= 15 is 0 Å². The number of hydrogen-bond acceptors (Lipinski definition) is 5. The lowest BCUT2D eigenvalue weighted by Crippen LogP contribution is -2.32. The minimum absolute atomic E-state index is 0.131. The van der Waals surface area contributed by atoms with Crippen molar-refractivity contribution in [3.05, 3.63) is 88.4 Å². The fourth-order valence-corrected chi connectivity index (χ4v) is 4.99. The van der Waals surface area contributed by atoms with Crippen LogP contribution in [0.2, 0.25) is 0 Å². The van der Waals surface area contributed by atoms with Crippen LogP contribution in [0.4, 0.5) is 0 Å². The zero-order valence-electron chi connectivity index (χ0n) is 14.9. The second-order valence-electron chi connectivity index (χ2n) is 6.27. The summed E-state index contributed by atoms with van der Waals surface area (Å²) >= 11 is 3.56. The number of sulfonamides is 1. The van der Waals surface area contributed by atoms with E-state index in [9.17, 15) is 8.42 Å². The molecule has 6 nitrogen and oxygen atoms in total. The largest absolute Gasteiger partial charge is 0.243 e. The van der Waals surface area contributed by atoms with Gasteiger partial charge in [-0.3, -0.25) is 0 Å². The first-order chi connectivity index (χ1) is 13.5. The molecule has 1 heterocycles. The molecule has 0 saturated heterocycles. The Balaban J connectivity index is 1.84. The second kappa shape index (κ2) is 7.46. The lowest BCUT2D eigenvalue weighted by Gasteiger charge is -2.29. The average molecular weight is 458 g/mol. The van der Waals surface area contributed by atoms with Crippen molar-refractivity contribution in [3.63, 3.8) is 0 Å². The molecule has 0 aliphatic rings. The Labute approximate surface area is 170 Å².